The maximum Gasteiger partial charge on any atom is 0.408 e. The molecule has 0 aliphatic heterocycles. The molecule has 0 bridgehead atoms. The molecule has 0 saturated heterocycles. The maximum absolute atomic E-state index is 12.5. The lowest BCUT2D eigenvalue weighted by Gasteiger charge is -2.22. The minimum Gasteiger partial charge on any atom is -0.444 e. The summed E-state index contributed by atoms with van der Waals surface area (Å²) in [7, 11) is 0. The lowest BCUT2D eigenvalue weighted by Crippen LogP contribution is -2.45. The van der Waals surface area contributed by atoms with E-state index in [4.69, 9.17) is 9.47 Å². The van der Waals surface area contributed by atoms with E-state index in [1.54, 1.807) is 52.0 Å². The highest BCUT2D eigenvalue weighted by Crippen LogP contribution is 2.27. The van der Waals surface area contributed by atoms with E-state index in [9.17, 15) is 14.9 Å². The molecule has 2 rings (SSSR count). The normalized spacial score (nSPS) is 11.9. The second-order valence-electron chi connectivity index (χ2n) is 8.60. The third-order valence-electron chi connectivity index (χ3n) is 4.41. The highest BCUT2D eigenvalue weighted by atomic mass is 16.6. The van der Waals surface area contributed by atoms with Gasteiger partial charge in [0.1, 0.15) is 17.4 Å². The predicted octanol–water partition coefficient (Wildman–Crippen LogP) is 5.11. The summed E-state index contributed by atoms with van der Waals surface area (Å²) in [5.74, 6) is 0.730. The van der Waals surface area contributed by atoms with Crippen LogP contribution >= 0.6 is 0 Å². The molecule has 0 fully saturated rings. The molecular weight excluding hydrogens is 408 g/mol. The molecule has 2 amide bonds. The van der Waals surface area contributed by atoms with Gasteiger partial charge >= 0.3 is 6.09 Å². The number of hydrogen-bond donors (Lipinski definition) is 2. The van der Waals surface area contributed by atoms with Crippen LogP contribution in [0.15, 0.2) is 36.5 Å². The predicted molar refractivity (Wildman–Crippen MR) is 122 cm³/mol. The molecular formula is C24H30N4O4. The molecule has 0 unspecified atom stereocenters. The van der Waals surface area contributed by atoms with Crippen molar-refractivity contribution >= 4 is 17.7 Å². The highest BCUT2D eigenvalue weighted by molar-refractivity contribution is 5.96. The first-order valence-electron chi connectivity index (χ1n) is 10.5. The number of nitrogens with one attached hydrogen (secondary N) is 2. The second kappa shape index (κ2) is 10.6. The fourth-order valence-corrected chi connectivity index (χ4v) is 2.85. The summed E-state index contributed by atoms with van der Waals surface area (Å²) in [4.78, 5) is 28.7. The molecule has 1 heterocycles. The molecule has 8 heteroatoms. The molecule has 1 atom stereocenters. The van der Waals surface area contributed by atoms with Crippen molar-refractivity contribution in [2.24, 2.45) is 0 Å². The van der Waals surface area contributed by atoms with Crippen LogP contribution in [0, 0.1) is 11.3 Å². The Morgan fingerprint density at radius 2 is 1.91 bits per heavy atom. The number of nitriles is 1. The smallest absolute Gasteiger partial charge is 0.408 e. The van der Waals surface area contributed by atoms with Gasteiger partial charge in [0.15, 0.2) is 0 Å². The van der Waals surface area contributed by atoms with Crippen molar-refractivity contribution in [2.45, 2.75) is 65.5 Å². The molecule has 0 aliphatic rings. The zero-order valence-corrected chi connectivity index (χ0v) is 19.4. The Balaban J connectivity index is 2.01. The van der Waals surface area contributed by atoms with E-state index in [1.165, 1.54) is 6.20 Å². The van der Waals surface area contributed by atoms with Gasteiger partial charge in [-0.2, -0.15) is 5.26 Å². The van der Waals surface area contributed by atoms with Crippen LogP contribution in [0.25, 0.3) is 0 Å². The summed E-state index contributed by atoms with van der Waals surface area (Å²) in [6, 6.07) is 10.0. The fraction of sp³-hybridized carbons (Fsp3) is 0.417. The number of amides is 2. The third-order valence-corrected chi connectivity index (χ3v) is 4.41. The summed E-state index contributed by atoms with van der Waals surface area (Å²) < 4.78 is 11.0. The molecule has 32 heavy (non-hydrogen) atoms. The number of pyridine rings is 1. The zero-order chi connectivity index (χ0) is 23.9. The first kappa shape index (κ1) is 24.7. The number of hydrogen-bond acceptors (Lipinski definition) is 6. The molecule has 2 N–H and O–H groups in total. The van der Waals surface area contributed by atoms with Gasteiger partial charge in [-0.15, -0.1) is 0 Å². The molecule has 0 radical (unpaired) electrons. The largest absolute Gasteiger partial charge is 0.444 e. The van der Waals surface area contributed by atoms with Gasteiger partial charge < -0.3 is 20.1 Å². The Labute approximate surface area is 188 Å². The van der Waals surface area contributed by atoms with E-state index in [0.717, 1.165) is 5.56 Å². The number of ether oxygens (including phenoxy) is 2. The standard InChI is InChI=1S/C24H30N4O4/c1-7-20(28-23(30)32-24(4,5)6)22(29)27-17-9-11-21(26-14-17)31-18-10-8-16(13-25)19(12-18)15(2)3/h8-12,14-15,20H,7H2,1-6H3,(H,27,29)(H,28,30)/t20-/m1/s1. The fourth-order valence-electron chi connectivity index (χ4n) is 2.85. The zero-order valence-electron chi connectivity index (χ0n) is 19.4. The van der Waals surface area contributed by atoms with Crippen molar-refractivity contribution in [3.05, 3.63) is 47.7 Å². The third kappa shape index (κ3) is 7.27. The number of alkyl carbamates (subject to hydrolysis) is 1. The number of anilines is 1. The quantitative estimate of drug-likeness (QED) is 0.621. The van der Waals surface area contributed by atoms with E-state index in [1.807, 2.05) is 19.9 Å². The Kier molecular flexibility index (Phi) is 8.19. The van der Waals surface area contributed by atoms with Crippen LogP contribution in [0.1, 0.15) is 65.0 Å². The van der Waals surface area contributed by atoms with Gasteiger partial charge in [-0.25, -0.2) is 9.78 Å². The van der Waals surface area contributed by atoms with Crippen LogP contribution in [-0.4, -0.2) is 28.6 Å². The molecule has 1 aromatic heterocycles. The number of rotatable bonds is 7. The Morgan fingerprint density at radius 3 is 2.44 bits per heavy atom. The summed E-state index contributed by atoms with van der Waals surface area (Å²) in [6.45, 7) is 11.1. The first-order chi connectivity index (χ1) is 15.0. The van der Waals surface area contributed by atoms with Gasteiger partial charge in [-0.1, -0.05) is 20.8 Å². The van der Waals surface area contributed by atoms with Crippen LogP contribution in [-0.2, 0) is 9.53 Å². The second-order valence-corrected chi connectivity index (χ2v) is 8.60. The number of aromatic nitrogens is 1. The average molecular weight is 439 g/mol. The van der Waals surface area contributed by atoms with Crippen LogP contribution in [0.3, 0.4) is 0 Å². The first-order valence-corrected chi connectivity index (χ1v) is 10.5. The molecule has 170 valence electrons. The summed E-state index contributed by atoms with van der Waals surface area (Å²) >= 11 is 0. The number of nitrogens with zero attached hydrogens (tertiary/aromatic N) is 2. The van der Waals surface area contributed by atoms with Crippen molar-refractivity contribution in [3.8, 4) is 17.7 Å². The topological polar surface area (TPSA) is 113 Å². The van der Waals surface area contributed by atoms with Crippen molar-refractivity contribution < 1.29 is 19.1 Å². The van der Waals surface area contributed by atoms with E-state index in [-0.39, 0.29) is 11.8 Å². The van der Waals surface area contributed by atoms with Crippen molar-refractivity contribution in [1.82, 2.24) is 10.3 Å². The van der Waals surface area contributed by atoms with E-state index >= 15 is 0 Å². The number of carbonyl (C=O) groups is 2. The lowest BCUT2D eigenvalue weighted by molar-refractivity contribution is -0.118. The average Bonchev–Trinajstić information content (AvgIpc) is 2.72. The number of carbonyl (C=O) groups excluding carboxylic acids is 2. The molecule has 0 saturated carbocycles. The van der Waals surface area contributed by atoms with Gasteiger partial charge in [0.2, 0.25) is 11.8 Å². The molecule has 1 aromatic carbocycles. The van der Waals surface area contributed by atoms with Crippen LogP contribution in [0.5, 0.6) is 11.6 Å². The van der Waals surface area contributed by atoms with Crippen LogP contribution in [0.2, 0.25) is 0 Å². The Morgan fingerprint density at radius 1 is 1.19 bits per heavy atom. The maximum atomic E-state index is 12.5. The summed E-state index contributed by atoms with van der Waals surface area (Å²) in [5.41, 5.74) is 1.33. The van der Waals surface area contributed by atoms with E-state index in [2.05, 4.69) is 21.7 Å². The van der Waals surface area contributed by atoms with Gasteiger partial charge in [0.25, 0.3) is 0 Å². The Bertz CT molecular complexity index is 989. The molecule has 2 aromatic rings. The SMILES string of the molecule is CC[C@@H](NC(=O)OC(C)(C)C)C(=O)Nc1ccc(Oc2ccc(C#N)c(C(C)C)c2)nc1. The molecule has 0 spiro atoms. The van der Waals surface area contributed by atoms with Crippen molar-refractivity contribution in [2.75, 3.05) is 5.32 Å². The lowest BCUT2D eigenvalue weighted by atomic mass is 9.98. The van der Waals surface area contributed by atoms with Gasteiger partial charge in [-0.3, -0.25) is 4.79 Å². The number of benzene rings is 1. The summed E-state index contributed by atoms with van der Waals surface area (Å²) in [5, 5.41) is 14.5. The minimum atomic E-state index is -0.742. The van der Waals surface area contributed by atoms with Crippen molar-refractivity contribution in [1.29, 1.82) is 5.26 Å². The van der Waals surface area contributed by atoms with Crippen LogP contribution in [0.4, 0.5) is 10.5 Å². The Hall–Kier alpha value is -3.60. The van der Waals surface area contributed by atoms with Gasteiger partial charge in [0.05, 0.1) is 23.5 Å². The molecule has 8 nitrogen and oxygen atoms in total. The van der Waals surface area contributed by atoms with Crippen molar-refractivity contribution in [3.63, 3.8) is 0 Å². The van der Waals surface area contributed by atoms with E-state index in [0.29, 0.717) is 29.3 Å². The van der Waals surface area contributed by atoms with Crippen LogP contribution < -0.4 is 15.4 Å². The minimum absolute atomic E-state index is 0.180. The van der Waals surface area contributed by atoms with Gasteiger partial charge in [0, 0.05) is 6.07 Å². The highest BCUT2D eigenvalue weighted by Gasteiger charge is 2.23. The van der Waals surface area contributed by atoms with Gasteiger partial charge in [-0.05, 0) is 62.9 Å². The monoisotopic (exact) mass is 438 g/mol. The van der Waals surface area contributed by atoms with E-state index < -0.39 is 17.7 Å². The summed E-state index contributed by atoms with van der Waals surface area (Å²) in [6.07, 6.45) is 1.22. The molecule has 0 aliphatic carbocycles.